The molecule has 0 saturated heterocycles. The maximum atomic E-state index is 12.5. The lowest BCUT2D eigenvalue weighted by Crippen LogP contribution is -2.17. The molecule has 0 fully saturated rings. The molecule has 0 amide bonds. The lowest BCUT2D eigenvalue weighted by Gasteiger charge is -2.11. The average Bonchev–Trinajstić information content (AvgIpc) is 3.27. The van der Waals surface area contributed by atoms with Crippen molar-refractivity contribution < 1.29 is 14.6 Å². The molecule has 4 rings (SSSR count). The normalized spacial score (nSPS) is 11.1. The van der Waals surface area contributed by atoms with Crippen molar-refractivity contribution >= 4 is 39.3 Å². The number of para-hydroxylation sites is 1. The minimum Gasteiger partial charge on any atom is -0.497 e. The van der Waals surface area contributed by atoms with Gasteiger partial charge in [-0.15, -0.1) is 10.2 Å². The van der Waals surface area contributed by atoms with E-state index in [-0.39, 0.29) is 17.2 Å². The van der Waals surface area contributed by atoms with E-state index in [1.165, 1.54) is 11.3 Å². The van der Waals surface area contributed by atoms with Crippen LogP contribution in [0.4, 0.5) is 0 Å². The molecule has 0 aliphatic heterocycles. The number of fused-ring (bicyclic) bond motifs is 1. The number of rotatable bonds is 7. The Kier molecular flexibility index (Phi) is 5.36. The minimum atomic E-state index is -0.944. The van der Waals surface area contributed by atoms with Crippen molar-refractivity contribution in [2.75, 3.05) is 12.9 Å². The Morgan fingerprint density at radius 1 is 1.17 bits per heavy atom. The zero-order valence-electron chi connectivity index (χ0n) is 15.3. The molecule has 2 aromatic heterocycles. The fourth-order valence-electron chi connectivity index (χ4n) is 2.92. The number of nitrogens with zero attached hydrogens (tertiary/aromatic N) is 4. The largest absolute Gasteiger partial charge is 0.497 e. The second-order valence-corrected chi connectivity index (χ2v) is 7.97. The van der Waals surface area contributed by atoms with Crippen molar-refractivity contribution in [3.8, 4) is 11.4 Å². The summed E-state index contributed by atoms with van der Waals surface area (Å²) in [5.41, 5.74) is 1.58. The zero-order valence-corrected chi connectivity index (χ0v) is 16.9. The number of hydrogen-bond donors (Lipinski definition) is 1. The molecule has 0 bridgehead atoms. The van der Waals surface area contributed by atoms with Gasteiger partial charge >= 0.3 is 10.8 Å². The summed E-state index contributed by atoms with van der Waals surface area (Å²) in [6.07, 6.45) is 0. The van der Waals surface area contributed by atoms with Crippen molar-refractivity contribution in [2.45, 2.75) is 11.7 Å². The third-order valence-electron chi connectivity index (χ3n) is 4.23. The van der Waals surface area contributed by atoms with Crippen LogP contribution in [0.5, 0.6) is 5.75 Å². The van der Waals surface area contributed by atoms with Gasteiger partial charge in [0.2, 0.25) is 0 Å². The highest BCUT2D eigenvalue weighted by Gasteiger charge is 2.18. The van der Waals surface area contributed by atoms with Crippen molar-refractivity contribution in [1.82, 2.24) is 19.3 Å². The first-order valence-electron chi connectivity index (χ1n) is 8.58. The summed E-state index contributed by atoms with van der Waals surface area (Å²) >= 11 is 2.25. The van der Waals surface area contributed by atoms with Gasteiger partial charge < -0.3 is 9.84 Å². The van der Waals surface area contributed by atoms with Gasteiger partial charge in [0, 0.05) is 5.69 Å². The summed E-state index contributed by atoms with van der Waals surface area (Å²) in [4.78, 5) is 23.5. The molecule has 1 N–H and O–H groups in total. The number of ether oxygens (including phenoxy) is 1. The Balaban J connectivity index is 1.78. The van der Waals surface area contributed by atoms with Crippen LogP contribution in [0.3, 0.4) is 0 Å². The van der Waals surface area contributed by atoms with Gasteiger partial charge in [-0.25, -0.2) is 0 Å². The van der Waals surface area contributed by atoms with Crippen LogP contribution in [0.1, 0.15) is 5.82 Å². The first-order valence-corrected chi connectivity index (χ1v) is 10.4. The van der Waals surface area contributed by atoms with Gasteiger partial charge in [0.05, 0.1) is 29.6 Å². The molecule has 0 aliphatic carbocycles. The number of carboxylic acid groups (broad SMARTS) is 1. The van der Waals surface area contributed by atoms with Crippen LogP contribution >= 0.6 is 23.1 Å². The van der Waals surface area contributed by atoms with Gasteiger partial charge in [-0.05, 0) is 36.4 Å². The first kappa shape index (κ1) is 19.2. The standard InChI is InChI=1S/C19H16N4O4S2/c1-27-13-8-6-12(7-9-13)23-16(20-21-18(23)28-11-17(24)25)10-22-14-4-2-3-5-15(14)29-19(22)26/h2-9H,10-11H2,1H3,(H,24,25). The van der Waals surface area contributed by atoms with Crippen LogP contribution < -0.4 is 9.61 Å². The summed E-state index contributed by atoms with van der Waals surface area (Å²) in [5, 5.41) is 17.9. The molecular formula is C19H16N4O4S2. The molecule has 29 heavy (non-hydrogen) atoms. The van der Waals surface area contributed by atoms with E-state index in [9.17, 15) is 9.59 Å². The van der Waals surface area contributed by atoms with Gasteiger partial charge in [-0.1, -0.05) is 35.2 Å². The van der Waals surface area contributed by atoms with Gasteiger partial charge in [0.1, 0.15) is 5.75 Å². The molecule has 2 heterocycles. The third kappa shape index (κ3) is 3.89. The molecule has 0 unspecified atom stereocenters. The number of methoxy groups -OCH3 is 1. The van der Waals surface area contributed by atoms with E-state index in [0.29, 0.717) is 16.7 Å². The highest BCUT2D eigenvalue weighted by molar-refractivity contribution is 7.99. The van der Waals surface area contributed by atoms with Gasteiger partial charge in [-0.2, -0.15) is 0 Å². The predicted molar refractivity (Wildman–Crippen MR) is 111 cm³/mol. The summed E-state index contributed by atoms with van der Waals surface area (Å²) < 4.78 is 9.52. The van der Waals surface area contributed by atoms with E-state index in [1.807, 2.05) is 36.4 Å². The van der Waals surface area contributed by atoms with Crippen molar-refractivity contribution in [3.05, 3.63) is 64.0 Å². The number of hydrogen-bond acceptors (Lipinski definition) is 7. The highest BCUT2D eigenvalue weighted by Crippen LogP contribution is 2.25. The molecule has 2 aromatic carbocycles. The molecule has 0 spiro atoms. The fraction of sp³-hybridized carbons (Fsp3) is 0.158. The van der Waals surface area contributed by atoms with Crippen LogP contribution in [-0.4, -0.2) is 43.3 Å². The summed E-state index contributed by atoms with van der Waals surface area (Å²) in [5.74, 6) is 0.146. The Hall–Kier alpha value is -3.11. The van der Waals surface area contributed by atoms with E-state index in [1.54, 1.807) is 28.4 Å². The van der Waals surface area contributed by atoms with E-state index in [4.69, 9.17) is 9.84 Å². The van der Waals surface area contributed by atoms with E-state index >= 15 is 0 Å². The molecule has 148 valence electrons. The zero-order chi connectivity index (χ0) is 20.4. The summed E-state index contributed by atoms with van der Waals surface area (Å²) in [7, 11) is 1.58. The minimum absolute atomic E-state index is 0.0878. The monoisotopic (exact) mass is 428 g/mol. The van der Waals surface area contributed by atoms with E-state index in [2.05, 4.69) is 10.2 Å². The Labute approximate surface area is 173 Å². The quantitative estimate of drug-likeness (QED) is 0.452. The Morgan fingerprint density at radius 2 is 1.93 bits per heavy atom. The molecule has 4 aromatic rings. The van der Waals surface area contributed by atoms with Crippen molar-refractivity contribution in [1.29, 1.82) is 0 Å². The number of benzene rings is 2. The van der Waals surface area contributed by atoms with E-state index in [0.717, 1.165) is 27.7 Å². The van der Waals surface area contributed by atoms with Crippen molar-refractivity contribution in [2.24, 2.45) is 0 Å². The maximum absolute atomic E-state index is 12.5. The Bertz CT molecular complexity index is 1230. The summed E-state index contributed by atoms with van der Waals surface area (Å²) in [6, 6.07) is 14.8. The van der Waals surface area contributed by atoms with Crippen LogP contribution in [-0.2, 0) is 11.3 Å². The number of carbonyl (C=O) groups is 1. The molecular weight excluding hydrogens is 412 g/mol. The maximum Gasteiger partial charge on any atom is 0.313 e. The molecule has 0 saturated carbocycles. The topological polar surface area (TPSA) is 99.2 Å². The van der Waals surface area contributed by atoms with Crippen molar-refractivity contribution in [3.63, 3.8) is 0 Å². The number of aromatic nitrogens is 4. The number of aliphatic carboxylic acids is 1. The second kappa shape index (κ2) is 8.10. The van der Waals surface area contributed by atoms with E-state index < -0.39 is 5.97 Å². The Morgan fingerprint density at radius 3 is 2.66 bits per heavy atom. The third-order valence-corrected chi connectivity index (χ3v) is 6.10. The molecule has 8 nitrogen and oxygen atoms in total. The molecule has 10 heteroatoms. The lowest BCUT2D eigenvalue weighted by molar-refractivity contribution is -0.133. The summed E-state index contributed by atoms with van der Waals surface area (Å²) in [6.45, 7) is 0.218. The van der Waals surface area contributed by atoms with Crippen LogP contribution in [0.15, 0.2) is 58.5 Å². The van der Waals surface area contributed by atoms with Crippen LogP contribution in [0.25, 0.3) is 15.9 Å². The van der Waals surface area contributed by atoms with Gasteiger partial charge in [-0.3, -0.25) is 18.7 Å². The smallest absolute Gasteiger partial charge is 0.313 e. The second-order valence-electron chi connectivity index (χ2n) is 6.04. The molecule has 0 radical (unpaired) electrons. The predicted octanol–water partition coefficient (Wildman–Crippen LogP) is 2.88. The molecule has 0 atom stereocenters. The number of thioether (sulfide) groups is 1. The molecule has 0 aliphatic rings. The lowest BCUT2D eigenvalue weighted by atomic mass is 10.3. The van der Waals surface area contributed by atoms with Crippen LogP contribution in [0.2, 0.25) is 0 Å². The van der Waals surface area contributed by atoms with Crippen LogP contribution in [0, 0.1) is 0 Å². The SMILES string of the molecule is COc1ccc(-n2c(Cn3c(=O)sc4ccccc43)nnc2SCC(=O)O)cc1. The van der Waals surface area contributed by atoms with Gasteiger partial charge in [0.25, 0.3) is 0 Å². The fourth-order valence-corrected chi connectivity index (χ4v) is 4.50. The highest BCUT2D eigenvalue weighted by atomic mass is 32.2. The van der Waals surface area contributed by atoms with Gasteiger partial charge in [0.15, 0.2) is 11.0 Å². The first-order chi connectivity index (χ1) is 14.1. The number of carboxylic acids is 1. The number of thiazole rings is 1. The average molecular weight is 428 g/mol.